The summed E-state index contributed by atoms with van der Waals surface area (Å²) in [6.07, 6.45) is -3.09. The van der Waals surface area contributed by atoms with Crippen molar-refractivity contribution >= 4 is 17.4 Å². The summed E-state index contributed by atoms with van der Waals surface area (Å²) in [5.41, 5.74) is 0.937. The van der Waals surface area contributed by atoms with Crippen molar-refractivity contribution in [3.05, 3.63) is 40.3 Å². The van der Waals surface area contributed by atoms with Crippen LogP contribution < -0.4 is 5.32 Å². The molecule has 1 atom stereocenters. The molecule has 0 fully saturated rings. The van der Waals surface area contributed by atoms with E-state index in [0.717, 1.165) is 23.7 Å². The van der Waals surface area contributed by atoms with Crippen LogP contribution in [0.5, 0.6) is 0 Å². The van der Waals surface area contributed by atoms with Crippen LogP contribution in [0.1, 0.15) is 23.9 Å². The maximum atomic E-state index is 12.5. The summed E-state index contributed by atoms with van der Waals surface area (Å²) >= 11 is 5.84. The molecule has 0 aliphatic rings. The van der Waals surface area contributed by atoms with Crippen molar-refractivity contribution < 1.29 is 13.2 Å². The molecule has 21 heavy (non-hydrogen) atoms. The van der Waals surface area contributed by atoms with Crippen LogP contribution in [0, 0.1) is 6.92 Å². The van der Waals surface area contributed by atoms with Gasteiger partial charge >= 0.3 is 6.18 Å². The number of hydrogen-bond donors (Lipinski definition) is 2. The molecule has 0 aliphatic heterocycles. The molecular formula is C13H14ClF3N4. The number of nitrogens with one attached hydrogen (secondary N) is 2. The molecule has 0 bridgehead atoms. The lowest BCUT2D eigenvalue weighted by Crippen LogP contribution is -2.19. The minimum Gasteiger partial charge on any atom is -0.366 e. The molecule has 1 unspecified atom stereocenters. The summed E-state index contributed by atoms with van der Waals surface area (Å²) in [7, 11) is 0. The number of rotatable bonds is 4. The topological polar surface area (TPSA) is 53.6 Å². The third-order valence-corrected chi connectivity index (χ3v) is 3.11. The van der Waals surface area contributed by atoms with E-state index in [1.165, 1.54) is 0 Å². The first-order chi connectivity index (χ1) is 9.75. The van der Waals surface area contributed by atoms with E-state index < -0.39 is 11.7 Å². The number of H-pyrrole nitrogens is 1. The average Bonchev–Trinajstić information content (AvgIpc) is 2.76. The maximum Gasteiger partial charge on any atom is 0.417 e. The number of nitrogens with zero attached hydrogens (tertiary/aromatic N) is 2. The Kier molecular flexibility index (Phi) is 4.41. The highest BCUT2D eigenvalue weighted by atomic mass is 35.5. The predicted molar refractivity (Wildman–Crippen MR) is 74.4 cm³/mol. The zero-order valence-corrected chi connectivity index (χ0v) is 12.2. The Bertz CT molecular complexity index is 624. The molecule has 4 nitrogen and oxygen atoms in total. The minimum absolute atomic E-state index is 0.0603. The van der Waals surface area contributed by atoms with Crippen molar-refractivity contribution in [2.24, 2.45) is 0 Å². The first-order valence-corrected chi connectivity index (χ1v) is 6.63. The van der Waals surface area contributed by atoms with Crippen LogP contribution in [0.2, 0.25) is 5.02 Å². The smallest absolute Gasteiger partial charge is 0.366 e. The van der Waals surface area contributed by atoms with E-state index in [1.807, 2.05) is 19.9 Å². The standard InChI is InChI=1S/C13H14ClF3N4/c1-7(3-10-4-8(2)20-21-10)19-12-11(14)5-9(6-18-12)13(15,16)17/h4-7H,3H2,1-2H3,(H,18,19)(H,20,21). The van der Waals surface area contributed by atoms with Crippen LogP contribution >= 0.6 is 11.6 Å². The Balaban J connectivity index is 2.05. The molecule has 0 aliphatic carbocycles. The zero-order chi connectivity index (χ0) is 15.6. The van der Waals surface area contributed by atoms with E-state index in [4.69, 9.17) is 11.6 Å². The first kappa shape index (κ1) is 15.6. The zero-order valence-electron chi connectivity index (χ0n) is 11.4. The largest absolute Gasteiger partial charge is 0.417 e. The summed E-state index contributed by atoms with van der Waals surface area (Å²) in [4.78, 5) is 3.74. The fourth-order valence-electron chi connectivity index (χ4n) is 1.88. The van der Waals surface area contributed by atoms with Crippen LogP contribution in [0.4, 0.5) is 19.0 Å². The molecule has 0 saturated heterocycles. The molecule has 0 aromatic carbocycles. The fraction of sp³-hybridized carbons (Fsp3) is 0.385. The predicted octanol–water partition coefficient (Wildman–Crippen LogP) is 3.83. The monoisotopic (exact) mass is 318 g/mol. The number of aryl methyl sites for hydroxylation is 1. The van der Waals surface area contributed by atoms with Gasteiger partial charge in [-0.15, -0.1) is 0 Å². The molecule has 2 N–H and O–H groups in total. The highest BCUT2D eigenvalue weighted by Gasteiger charge is 2.31. The van der Waals surface area contributed by atoms with Crippen LogP contribution in [0.15, 0.2) is 18.3 Å². The van der Waals surface area contributed by atoms with E-state index >= 15 is 0 Å². The molecule has 0 amide bonds. The second-order valence-corrected chi connectivity index (χ2v) is 5.25. The number of pyridine rings is 1. The van der Waals surface area contributed by atoms with Gasteiger partial charge in [-0.3, -0.25) is 5.10 Å². The van der Waals surface area contributed by atoms with Gasteiger partial charge in [0.15, 0.2) is 0 Å². The highest BCUT2D eigenvalue weighted by Crippen LogP contribution is 2.32. The molecule has 114 valence electrons. The number of aromatic amines is 1. The number of aromatic nitrogens is 3. The second-order valence-electron chi connectivity index (χ2n) is 4.84. The third-order valence-electron chi connectivity index (χ3n) is 2.83. The summed E-state index contributed by atoms with van der Waals surface area (Å²) in [6, 6.07) is 2.69. The SMILES string of the molecule is Cc1cc(CC(C)Nc2ncc(C(F)(F)F)cc2Cl)n[nH]1. The summed E-state index contributed by atoms with van der Waals surface area (Å²) in [5, 5.41) is 9.85. The Morgan fingerprint density at radius 3 is 2.62 bits per heavy atom. The molecule has 0 saturated carbocycles. The van der Waals surface area contributed by atoms with Gasteiger partial charge in [-0.05, 0) is 26.0 Å². The Morgan fingerprint density at radius 2 is 2.10 bits per heavy atom. The van der Waals surface area contributed by atoms with Gasteiger partial charge in [-0.2, -0.15) is 18.3 Å². The van der Waals surface area contributed by atoms with Gasteiger partial charge in [0.1, 0.15) is 5.82 Å². The molecule has 2 aromatic rings. The second kappa shape index (κ2) is 5.93. The summed E-state index contributed by atoms with van der Waals surface area (Å²) in [6.45, 7) is 3.77. The maximum absolute atomic E-state index is 12.5. The van der Waals surface area contributed by atoms with Gasteiger partial charge in [0, 0.05) is 24.4 Å². The minimum atomic E-state index is -4.45. The van der Waals surface area contributed by atoms with E-state index in [2.05, 4.69) is 20.5 Å². The van der Waals surface area contributed by atoms with Crippen molar-refractivity contribution in [1.29, 1.82) is 0 Å². The van der Waals surface area contributed by atoms with Crippen molar-refractivity contribution in [2.45, 2.75) is 32.5 Å². The van der Waals surface area contributed by atoms with Gasteiger partial charge in [0.05, 0.1) is 16.3 Å². The van der Waals surface area contributed by atoms with Gasteiger partial charge in [0.2, 0.25) is 0 Å². The number of alkyl halides is 3. The summed E-state index contributed by atoms with van der Waals surface area (Å²) < 4.78 is 37.6. The average molecular weight is 319 g/mol. The van der Waals surface area contributed by atoms with E-state index in [9.17, 15) is 13.2 Å². The molecule has 2 rings (SSSR count). The fourth-order valence-corrected chi connectivity index (χ4v) is 2.10. The van der Waals surface area contributed by atoms with Crippen LogP contribution in [0.25, 0.3) is 0 Å². The van der Waals surface area contributed by atoms with Gasteiger partial charge < -0.3 is 5.32 Å². The lowest BCUT2D eigenvalue weighted by atomic mass is 10.1. The molecule has 0 radical (unpaired) electrons. The molecule has 8 heteroatoms. The Morgan fingerprint density at radius 1 is 1.38 bits per heavy atom. The van der Waals surface area contributed by atoms with Gasteiger partial charge in [-0.25, -0.2) is 4.98 Å². The number of halogens is 4. The lowest BCUT2D eigenvalue weighted by Gasteiger charge is -2.15. The van der Waals surface area contributed by atoms with Crippen molar-refractivity contribution in [3.8, 4) is 0 Å². The van der Waals surface area contributed by atoms with Gasteiger partial charge in [0.25, 0.3) is 0 Å². The van der Waals surface area contributed by atoms with Crippen molar-refractivity contribution in [1.82, 2.24) is 15.2 Å². The van der Waals surface area contributed by atoms with Crippen LogP contribution in [-0.4, -0.2) is 21.2 Å². The quantitative estimate of drug-likeness (QED) is 0.901. The lowest BCUT2D eigenvalue weighted by molar-refractivity contribution is -0.137. The molecular weight excluding hydrogens is 305 g/mol. The molecule has 0 spiro atoms. The van der Waals surface area contributed by atoms with Crippen molar-refractivity contribution in [2.75, 3.05) is 5.32 Å². The third kappa shape index (κ3) is 4.10. The van der Waals surface area contributed by atoms with Crippen LogP contribution in [-0.2, 0) is 12.6 Å². The summed E-state index contributed by atoms with van der Waals surface area (Å²) in [5.74, 6) is 0.226. The van der Waals surface area contributed by atoms with E-state index in [-0.39, 0.29) is 16.9 Å². The Hall–Kier alpha value is -1.76. The van der Waals surface area contributed by atoms with E-state index in [1.54, 1.807) is 0 Å². The van der Waals surface area contributed by atoms with E-state index in [0.29, 0.717) is 6.42 Å². The number of hydrogen-bond acceptors (Lipinski definition) is 3. The molecule has 2 heterocycles. The van der Waals surface area contributed by atoms with Crippen LogP contribution in [0.3, 0.4) is 0 Å². The van der Waals surface area contributed by atoms with Crippen molar-refractivity contribution in [3.63, 3.8) is 0 Å². The molecule has 2 aromatic heterocycles. The first-order valence-electron chi connectivity index (χ1n) is 6.26. The number of anilines is 1. The highest BCUT2D eigenvalue weighted by molar-refractivity contribution is 6.33. The Labute approximate surface area is 124 Å². The van der Waals surface area contributed by atoms with Gasteiger partial charge in [-0.1, -0.05) is 11.6 Å². The normalized spacial score (nSPS) is 13.2.